The summed E-state index contributed by atoms with van der Waals surface area (Å²) < 4.78 is 0. The van der Waals surface area contributed by atoms with Gasteiger partial charge >= 0.3 is 0 Å². The molecule has 0 radical (unpaired) electrons. The summed E-state index contributed by atoms with van der Waals surface area (Å²) in [7, 11) is 1.99. The minimum absolute atomic E-state index is 0.00907. The second-order valence-corrected chi connectivity index (χ2v) is 3.57. The van der Waals surface area contributed by atoms with Crippen LogP contribution in [0.2, 0.25) is 0 Å². The summed E-state index contributed by atoms with van der Waals surface area (Å²) in [6, 6.07) is 2.11. The zero-order valence-electron chi connectivity index (χ0n) is 10.4. The summed E-state index contributed by atoms with van der Waals surface area (Å²) in [5.74, 6) is -0.0571. The lowest BCUT2D eigenvalue weighted by Crippen LogP contribution is -2.55. The van der Waals surface area contributed by atoms with Crippen LogP contribution in [-0.4, -0.2) is 55.0 Å². The van der Waals surface area contributed by atoms with Crippen LogP contribution < -0.4 is 5.73 Å². The first-order valence-corrected chi connectivity index (χ1v) is 5.74. The third-order valence-electron chi connectivity index (χ3n) is 2.51. The molecule has 5 nitrogen and oxygen atoms in total. The maximum atomic E-state index is 11.4. The highest BCUT2D eigenvalue weighted by molar-refractivity contribution is 5.78. The molecule has 0 spiro atoms. The highest BCUT2D eigenvalue weighted by Crippen LogP contribution is 2.11. The number of nitrogens with zero attached hydrogens (tertiary/aromatic N) is 3. The Hall–Kier alpha value is -1.12. The fourth-order valence-corrected chi connectivity index (χ4v) is 1.74. The zero-order valence-corrected chi connectivity index (χ0v) is 10.4. The van der Waals surface area contributed by atoms with Gasteiger partial charge in [0.05, 0.1) is 25.1 Å². The van der Waals surface area contributed by atoms with Crippen molar-refractivity contribution in [2.75, 3.05) is 33.2 Å². The average molecular weight is 226 g/mol. The molecule has 0 saturated carbocycles. The summed E-state index contributed by atoms with van der Waals surface area (Å²) in [6.45, 7) is 6.33. The van der Waals surface area contributed by atoms with E-state index < -0.39 is 0 Å². The van der Waals surface area contributed by atoms with E-state index in [2.05, 4.69) is 11.0 Å². The SMILES string of the molecule is CC.CN1CCN(C(=O)CN)C(CC#N)C1. The summed E-state index contributed by atoms with van der Waals surface area (Å²) in [5, 5.41) is 8.64. The van der Waals surface area contributed by atoms with Gasteiger partial charge in [-0.1, -0.05) is 13.8 Å². The Labute approximate surface area is 97.8 Å². The smallest absolute Gasteiger partial charge is 0.236 e. The van der Waals surface area contributed by atoms with E-state index >= 15 is 0 Å². The third kappa shape index (κ3) is 4.17. The molecule has 2 N–H and O–H groups in total. The van der Waals surface area contributed by atoms with Crippen molar-refractivity contribution < 1.29 is 4.79 Å². The molecular formula is C11H22N4O. The van der Waals surface area contributed by atoms with E-state index in [4.69, 9.17) is 11.0 Å². The number of nitriles is 1. The van der Waals surface area contributed by atoms with Crippen LogP contribution >= 0.6 is 0 Å². The molecule has 1 aliphatic rings. The Morgan fingerprint density at radius 2 is 2.12 bits per heavy atom. The normalized spacial score (nSPS) is 20.7. The number of nitrogens with two attached hydrogens (primary N) is 1. The Kier molecular flexibility index (Phi) is 7.52. The average Bonchev–Trinajstić information content (AvgIpc) is 2.31. The molecule has 0 aliphatic carbocycles. The van der Waals surface area contributed by atoms with E-state index in [9.17, 15) is 4.79 Å². The van der Waals surface area contributed by atoms with Crippen LogP contribution in [0.5, 0.6) is 0 Å². The first kappa shape index (κ1) is 14.9. The number of rotatable bonds is 2. The van der Waals surface area contributed by atoms with Crippen LogP contribution in [0.25, 0.3) is 0 Å². The van der Waals surface area contributed by atoms with E-state index in [0.29, 0.717) is 13.0 Å². The van der Waals surface area contributed by atoms with Crippen molar-refractivity contribution in [3.8, 4) is 6.07 Å². The van der Waals surface area contributed by atoms with Crippen molar-refractivity contribution in [3.05, 3.63) is 0 Å². The molecule has 1 aliphatic heterocycles. The molecule has 1 saturated heterocycles. The fraction of sp³-hybridized carbons (Fsp3) is 0.818. The number of likely N-dealkylation sites (N-methyl/N-ethyl adjacent to an activating group) is 1. The lowest BCUT2D eigenvalue weighted by atomic mass is 10.1. The Bertz CT molecular complexity index is 249. The monoisotopic (exact) mass is 226 g/mol. The summed E-state index contributed by atoms with van der Waals surface area (Å²) in [6.07, 6.45) is 0.385. The Morgan fingerprint density at radius 1 is 1.50 bits per heavy atom. The molecule has 1 rings (SSSR count). The van der Waals surface area contributed by atoms with Gasteiger partial charge in [-0.2, -0.15) is 5.26 Å². The highest BCUT2D eigenvalue weighted by Gasteiger charge is 2.27. The topological polar surface area (TPSA) is 73.4 Å². The van der Waals surface area contributed by atoms with Crippen molar-refractivity contribution in [2.24, 2.45) is 5.73 Å². The summed E-state index contributed by atoms with van der Waals surface area (Å²) in [5.41, 5.74) is 5.31. The largest absolute Gasteiger partial charge is 0.335 e. The molecular weight excluding hydrogens is 204 g/mol. The van der Waals surface area contributed by atoms with E-state index in [1.165, 1.54) is 0 Å². The molecule has 16 heavy (non-hydrogen) atoms. The molecule has 1 atom stereocenters. The Balaban J connectivity index is 0.00000106. The number of amides is 1. The third-order valence-corrected chi connectivity index (χ3v) is 2.51. The van der Waals surface area contributed by atoms with E-state index in [0.717, 1.165) is 13.1 Å². The molecule has 1 fully saturated rings. The van der Waals surface area contributed by atoms with Crippen molar-refractivity contribution in [1.29, 1.82) is 5.26 Å². The molecule has 1 heterocycles. The minimum Gasteiger partial charge on any atom is -0.335 e. The Morgan fingerprint density at radius 3 is 2.62 bits per heavy atom. The predicted molar refractivity (Wildman–Crippen MR) is 63.6 cm³/mol. The van der Waals surface area contributed by atoms with Gasteiger partial charge in [0.15, 0.2) is 0 Å². The van der Waals surface area contributed by atoms with Gasteiger partial charge in [0, 0.05) is 19.6 Å². The summed E-state index contributed by atoms with van der Waals surface area (Å²) >= 11 is 0. The van der Waals surface area contributed by atoms with Crippen molar-refractivity contribution in [3.63, 3.8) is 0 Å². The van der Waals surface area contributed by atoms with Gasteiger partial charge < -0.3 is 15.5 Å². The molecule has 0 bridgehead atoms. The first-order valence-electron chi connectivity index (χ1n) is 5.74. The number of hydrogen-bond acceptors (Lipinski definition) is 4. The van der Waals surface area contributed by atoms with Crippen molar-refractivity contribution >= 4 is 5.91 Å². The molecule has 5 heteroatoms. The second-order valence-electron chi connectivity index (χ2n) is 3.57. The molecule has 1 amide bonds. The fourth-order valence-electron chi connectivity index (χ4n) is 1.74. The number of carbonyl (C=O) groups excluding carboxylic acids is 1. The van der Waals surface area contributed by atoms with E-state index in [1.54, 1.807) is 4.90 Å². The van der Waals surface area contributed by atoms with Gasteiger partial charge in [-0.05, 0) is 7.05 Å². The van der Waals surface area contributed by atoms with Crippen LogP contribution in [-0.2, 0) is 4.79 Å². The first-order chi connectivity index (χ1) is 7.69. The van der Waals surface area contributed by atoms with Gasteiger partial charge in [-0.3, -0.25) is 4.79 Å². The van der Waals surface area contributed by atoms with E-state index in [-0.39, 0.29) is 18.5 Å². The maximum Gasteiger partial charge on any atom is 0.236 e. The molecule has 0 aromatic heterocycles. The number of piperazine rings is 1. The second kappa shape index (κ2) is 8.08. The van der Waals surface area contributed by atoms with Crippen LogP contribution in [0.15, 0.2) is 0 Å². The minimum atomic E-state index is -0.0571. The zero-order chi connectivity index (χ0) is 12.6. The lowest BCUT2D eigenvalue weighted by molar-refractivity contribution is -0.134. The quantitative estimate of drug-likeness (QED) is 0.721. The van der Waals surface area contributed by atoms with Crippen LogP contribution in [0.4, 0.5) is 0 Å². The van der Waals surface area contributed by atoms with Gasteiger partial charge in [-0.25, -0.2) is 0 Å². The highest BCUT2D eigenvalue weighted by atomic mass is 16.2. The van der Waals surface area contributed by atoms with Crippen LogP contribution in [0, 0.1) is 11.3 Å². The van der Waals surface area contributed by atoms with E-state index in [1.807, 2.05) is 20.9 Å². The molecule has 0 aromatic rings. The van der Waals surface area contributed by atoms with Crippen molar-refractivity contribution in [2.45, 2.75) is 26.3 Å². The maximum absolute atomic E-state index is 11.4. The number of hydrogen-bond donors (Lipinski definition) is 1. The van der Waals surface area contributed by atoms with Gasteiger partial charge in [0.1, 0.15) is 0 Å². The predicted octanol–water partition coefficient (Wildman–Crippen LogP) is 0.0276. The van der Waals surface area contributed by atoms with Crippen LogP contribution in [0.1, 0.15) is 20.3 Å². The molecule has 0 aromatic carbocycles. The summed E-state index contributed by atoms with van der Waals surface area (Å²) in [4.78, 5) is 15.3. The van der Waals surface area contributed by atoms with Crippen LogP contribution in [0.3, 0.4) is 0 Å². The number of carbonyl (C=O) groups is 1. The van der Waals surface area contributed by atoms with Gasteiger partial charge in [0.2, 0.25) is 5.91 Å². The van der Waals surface area contributed by atoms with Gasteiger partial charge in [-0.15, -0.1) is 0 Å². The molecule has 1 unspecified atom stereocenters. The molecule has 92 valence electrons. The van der Waals surface area contributed by atoms with Gasteiger partial charge in [0.25, 0.3) is 0 Å². The lowest BCUT2D eigenvalue weighted by Gasteiger charge is -2.38. The van der Waals surface area contributed by atoms with Crippen molar-refractivity contribution in [1.82, 2.24) is 9.80 Å². The standard InChI is InChI=1S/C9H16N4O.C2H6/c1-12-4-5-13(9(14)6-11)8(7-12)2-3-10;1-2/h8H,2,4-7,11H2,1H3;1-2H3.